The van der Waals surface area contributed by atoms with Crippen LogP contribution in [0.25, 0.3) is 0 Å². The Morgan fingerprint density at radius 3 is 2.85 bits per heavy atom. The molecule has 4 nitrogen and oxygen atoms in total. The van der Waals surface area contributed by atoms with Gasteiger partial charge in [-0.15, -0.1) is 0 Å². The molecule has 2 aliphatic rings. The van der Waals surface area contributed by atoms with Crippen molar-refractivity contribution < 1.29 is 14.6 Å². The molecule has 2 heterocycles. The third-order valence-electron chi connectivity index (χ3n) is 4.27. The second-order valence-corrected chi connectivity index (χ2v) is 6.41. The van der Waals surface area contributed by atoms with E-state index in [2.05, 4.69) is 4.98 Å². The number of pyridine rings is 1. The van der Waals surface area contributed by atoms with E-state index < -0.39 is 11.4 Å². The van der Waals surface area contributed by atoms with Gasteiger partial charge in [-0.3, -0.25) is 4.79 Å². The van der Waals surface area contributed by atoms with E-state index in [0.717, 1.165) is 18.4 Å². The minimum Gasteiger partial charge on any atom is -0.481 e. The Morgan fingerprint density at radius 1 is 1.50 bits per heavy atom. The third kappa shape index (κ3) is 2.41. The van der Waals surface area contributed by atoms with Gasteiger partial charge in [0, 0.05) is 17.8 Å². The largest absolute Gasteiger partial charge is 0.481 e. The molecule has 1 aromatic heterocycles. The summed E-state index contributed by atoms with van der Waals surface area (Å²) in [7, 11) is 0. The van der Waals surface area contributed by atoms with Crippen LogP contribution in [-0.4, -0.2) is 28.8 Å². The summed E-state index contributed by atoms with van der Waals surface area (Å²) in [5.41, 5.74) is -0.171. The van der Waals surface area contributed by atoms with E-state index in [0.29, 0.717) is 35.5 Å². The Bertz CT molecular complexity index is 547. The molecule has 108 valence electrons. The van der Waals surface area contributed by atoms with Gasteiger partial charge < -0.3 is 9.84 Å². The number of nitrogens with zero attached hydrogens (tertiary/aromatic N) is 1. The molecule has 1 N–H and O–H groups in total. The van der Waals surface area contributed by atoms with Crippen molar-refractivity contribution >= 4 is 29.2 Å². The van der Waals surface area contributed by atoms with Crippen LogP contribution in [0.4, 0.5) is 0 Å². The first-order valence-corrected chi connectivity index (χ1v) is 7.43. The fourth-order valence-corrected chi connectivity index (χ4v) is 3.49. The zero-order chi connectivity index (χ0) is 14.3. The summed E-state index contributed by atoms with van der Waals surface area (Å²) in [5, 5.41) is 10.5. The lowest BCUT2D eigenvalue weighted by Gasteiger charge is -2.30. The van der Waals surface area contributed by atoms with Crippen molar-refractivity contribution in [2.75, 3.05) is 6.61 Å². The van der Waals surface area contributed by atoms with Gasteiger partial charge in [0.05, 0.1) is 6.10 Å². The second-order valence-electron chi connectivity index (χ2n) is 5.62. The van der Waals surface area contributed by atoms with Crippen LogP contribution in [0.2, 0.25) is 10.2 Å². The molecule has 1 aromatic rings. The lowest BCUT2D eigenvalue weighted by molar-refractivity contribution is -0.153. The van der Waals surface area contributed by atoms with Gasteiger partial charge in [-0.25, -0.2) is 4.98 Å². The Balaban J connectivity index is 1.92. The highest BCUT2D eigenvalue weighted by Gasteiger charge is 2.55. The maximum atomic E-state index is 11.9. The normalized spacial score (nSPS) is 29.6. The van der Waals surface area contributed by atoms with Crippen molar-refractivity contribution in [2.45, 2.75) is 31.8 Å². The number of ether oxygens (including phenoxy) is 1. The molecule has 2 fully saturated rings. The van der Waals surface area contributed by atoms with Gasteiger partial charge in [0.1, 0.15) is 10.6 Å². The summed E-state index contributed by atoms with van der Waals surface area (Å²) in [6.45, 7) is 0.492. The van der Waals surface area contributed by atoms with Gasteiger partial charge >= 0.3 is 5.97 Å². The van der Waals surface area contributed by atoms with Crippen molar-refractivity contribution in [1.82, 2.24) is 4.98 Å². The zero-order valence-corrected chi connectivity index (χ0v) is 12.3. The molecule has 1 saturated heterocycles. The van der Waals surface area contributed by atoms with Crippen molar-refractivity contribution in [3.8, 4) is 0 Å². The number of hydrogen-bond donors (Lipinski definition) is 1. The van der Waals surface area contributed by atoms with Crippen molar-refractivity contribution in [3.05, 3.63) is 28.0 Å². The van der Waals surface area contributed by atoms with E-state index in [1.54, 1.807) is 12.3 Å². The summed E-state index contributed by atoms with van der Waals surface area (Å²) in [6.07, 6.45) is 4.30. The molecule has 2 unspecified atom stereocenters. The first kappa shape index (κ1) is 14.1. The number of hydrogen-bond acceptors (Lipinski definition) is 3. The molecular weight excluding hydrogens is 301 g/mol. The molecule has 0 radical (unpaired) electrons. The van der Waals surface area contributed by atoms with E-state index in [1.807, 2.05) is 0 Å². The molecule has 0 aromatic carbocycles. The zero-order valence-electron chi connectivity index (χ0n) is 10.8. The molecular formula is C14H15Cl2NO3. The highest BCUT2D eigenvalue weighted by molar-refractivity contribution is 6.34. The monoisotopic (exact) mass is 315 g/mol. The number of halogens is 2. The SMILES string of the molecule is O=C(O)C1(Cc2cnc(Cl)cc2Cl)CCOC1C1CC1. The maximum absolute atomic E-state index is 11.9. The average Bonchev–Trinajstić information content (AvgIpc) is 3.14. The number of aromatic nitrogens is 1. The predicted octanol–water partition coefficient (Wildman–Crippen LogP) is 3.20. The van der Waals surface area contributed by atoms with E-state index >= 15 is 0 Å². The highest BCUT2D eigenvalue weighted by Crippen LogP contribution is 2.50. The van der Waals surface area contributed by atoms with E-state index in [-0.39, 0.29) is 6.10 Å². The molecule has 1 aliphatic heterocycles. The predicted molar refractivity (Wildman–Crippen MR) is 75.1 cm³/mol. The molecule has 20 heavy (non-hydrogen) atoms. The van der Waals surface area contributed by atoms with Gasteiger partial charge in [-0.1, -0.05) is 23.2 Å². The molecule has 3 rings (SSSR count). The van der Waals surface area contributed by atoms with Crippen LogP contribution in [0.1, 0.15) is 24.8 Å². The van der Waals surface area contributed by atoms with Crippen molar-refractivity contribution in [2.24, 2.45) is 11.3 Å². The first-order chi connectivity index (χ1) is 9.53. The Kier molecular flexibility index (Phi) is 3.65. The van der Waals surface area contributed by atoms with Crippen LogP contribution in [0, 0.1) is 11.3 Å². The quantitative estimate of drug-likeness (QED) is 0.867. The average molecular weight is 316 g/mol. The number of carbonyl (C=O) groups is 1. The number of carboxylic acid groups (broad SMARTS) is 1. The number of carboxylic acids is 1. The van der Waals surface area contributed by atoms with Crippen LogP contribution < -0.4 is 0 Å². The van der Waals surface area contributed by atoms with Gasteiger partial charge in [0.2, 0.25) is 0 Å². The lowest BCUT2D eigenvalue weighted by Crippen LogP contribution is -2.42. The fourth-order valence-electron chi connectivity index (χ4n) is 3.05. The summed E-state index contributed by atoms with van der Waals surface area (Å²) < 4.78 is 5.72. The standard InChI is InChI=1S/C14H15Cl2NO3/c15-10-5-11(16)17-7-9(10)6-14(13(18)19)3-4-20-12(14)8-1-2-8/h5,7-8,12H,1-4,6H2,(H,18,19). The summed E-state index contributed by atoms with van der Waals surface area (Å²) >= 11 is 11.9. The summed E-state index contributed by atoms with van der Waals surface area (Å²) in [4.78, 5) is 15.9. The molecule has 1 aliphatic carbocycles. The van der Waals surface area contributed by atoms with E-state index in [1.165, 1.54) is 0 Å². The topological polar surface area (TPSA) is 59.4 Å². The summed E-state index contributed by atoms with van der Waals surface area (Å²) in [5.74, 6) is -0.439. The lowest BCUT2D eigenvalue weighted by atomic mass is 9.74. The molecule has 0 spiro atoms. The minimum absolute atomic E-state index is 0.216. The molecule has 2 atom stereocenters. The molecule has 6 heteroatoms. The van der Waals surface area contributed by atoms with Gasteiger partial charge in [-0.05, 0) is 43.2 Å². The van der Waals surface area contributed by atoms with Crippen LogP contribution in [0.3, 0.4) is 0 Å². The van der Waals surface area contributed by atoms with Gasteiger partial charge in [-0.2, -0.15) is 0 Å². The number of rotatable bonds is 4. The van der Waals surface area contributed by atoms with Crippen LogP contribution in [0.5, 0.6) is 0 Å². The van der Waals surface area contributed by atoms with Crippen LogP contribution in [-0.2, 0) is 16.0 Å². The summed E-state index contributed by atoms with van der Waals surface area (Å²) in [6, 6.07) is 1.55. The Labute approximate surface area is 127 Å². The van der Waals surface area contributed by atoms with E-state index in [4.69, 9.17) is 27.9 Å². The third-order valence-corrected chi connectivity index (χ3v) is 4.83. The van der Waals surface area contributed by atoms with Gasteiger partial charge in [0.15, 0.2) is 0 Å². The smallest absolute Gasteiger partial charge is 0.312 e. The minimum atomic E-state index is -0.889. The number of aliphatic carboxylic acids is 1. The fraction of sp³-hybridized carbons (Fsp3) is 0.571. The van der Waals surface area contributed by atoms with Crippen LogP contribution in [0.15, 0.2) is 12.3 Å². The Morgan fingerprint density at radius 2 is 2.25 bits per heavy atom. The molecule has 1 saturated carbocycles. The van der Waals surface area contributed by atoms with Gasteiger partial charge in [0.25, 0.3) is 0 Å². The van der Waals surface area contributed by atoms with Crippen molar-refractivity contribution in [1.29, 1.82) is 0 Å². The Hall–Kier alpha value is -0.840. The van der Waals surface area contributed by atoms with Crippen molar-refractivity contribution in [3.63, 3.8) is 0 Å². The second kappa shape index (κ2) is 5.17. The molecule has 0 amide bonds. The maximum Gasteiger partial charge on any atom is 0.312 e. The highest BCUT2D eigenvalue weighted by atomic mass is 35.5. The molecule has 0 bridgehead atoms. The first-order valence-electron chi connectivity index (χ1n) is 6.68. The van der Waals surface area contributed by atoms with Crippen LogP contribution >= 0.6 is 23.2 Å². The van der Waals surface area contributed by atoms with E-state index in [9.17, 15) is 9.90 Å².